The van der Waals surface area contributed by atoms with Crippen molar-refractivity contribution in [3.8, 4) is 5.75 Å². The Kier molecular flexibility index (Phi) is 45.7. The molecule has 11 aromatic carbocycles. The summed E-state index contributed by atoms with van der Waals surface area (Å²) in [4.78, 5) is 118. The molecule has 13 heteroatoms. The summed E-state index contributed by atoms with van der Waals surface area (Å²) in [5, 5.41) is 5.19. The van der Waals surface area contributed by atoms with Crippen LogP contribution in [0.3, 0.4) is 0 Å². The molecule has 0 bridgehead atoms. The van der Waals surface area contributed by atoms with E-state index in [0.29, 0.717) is 5.56 Å². The summed E-state index contributed by atoms with van der Waals surface area (Å²) in [5.74, 6) is 1.73. The number of carbonyl (C=O) groups is 10. The lowest BCUT2D eigenvalue weighted by Gasteiger charge is -2.20. The number of nitrogens with one attached hydrogen (secondary N) is 1. The molecule has 0 radical (unpaired) electrons. The van der Waals surface area contributed by atoms with E-state index < -0.39 is 11.2 Å². The average molecular weight is 1820 g/mol. The van der Waals surface area contributed by atoms with E-state index in [0.717, 1.165) is 84.3 Å². The van der Waals surface area contributed by atoms with Crippen molar-refractivity contribution in [1.82, 2.24) is 5.32 Å². The van der Waals surface area contributed by atoms with E-state index >= 15 is 0 Å². The average Bonchev–Trinajstić information content (AvgIpc) is 0.919. The van der Waals surface area contributed by atoms with Crippen LogP contribution in [0.1, 0.15) is 346 Å². The van der Waals surface area contributed by atoms with E-state index in [1.54, 1.807) is 76.4 Å². The van der Waals surface area contributed by atoms with Gasteiger partial charge in [0.05, 0.1) is 12.7 Å². The van der Waals surface area contributed by atoms with Gasteiger partial charge in [-0.3, -0.25) is 47.9 Å². The Hall–Kier alpha value is -12.1. The summed E-state index contributed by atoms with van der Waals surface area (Å²) in [7, 11) is 1.61. The predicted molar refractivity (Wildman–Crippen MR) is 558 cm³/mol. The normalized spacial score (nSPS) is 11.4. The molecule has 0 atom stereocenters. The summed E-state index contributed by atoms with van der Waals surface area (Å²) < 4.78 is 18.2. The molecule has 0 aliphatic rings. The van der Waals surface area contributed by atoms with Crippen LogP contribution in [0, 0.1) is 82.2 Å². The lowest BCUT2D eigenvalue weighted by atomic mass is 9.86. The highest BCUT2D eigenvalue weighted by molar-refractivity contribution is 6.05. The fourth-order valence-corrected chi connectivity index (χ4v) is 12.3. The molecule has 0 aromatic heterocycles. The van der Waals surface area contributed by atoms with Crippen LogP contribution in [-0.2, 0) is 6.42 Å². The minimum Gasteiger partial charge on any atom is -0.497 e. The number of amides is 1. The van der Waals surface area contributed by atoms with Crippen LogP contribution < -0.4 is 10.1 Å². The molecule has 0 aliphatic heterocycles. The highest BCUT2D eigenvalue weighted by Gasteiger charge is 2.30. The molecule has 0 saturated heterocycles. The maximum atomic E-state index is 13.1. The first kappa shape index (κ1) is 118. The van der Waals surface area contributed by atoms with Gasteiger partial charge in [-0.1, -0.05) is 404 Å². The van der Waals surface area contributed by atoms with Gasteiger partial charge in [0.1, 0.15) is 11.6 Å². The number of methoxy groups -OCH3 is 1. The molecule has 0 fully saturated rings. The smallest absolute Gasteiger partial charge is 0.251 e. The molecule has 1 N–H and O–H groups in total. The minimum absolute atomic E-state index is 0.0203. The molecule has 0 saturated carbocycles. The van der Waals surface area contributed by atoms with Crippen molar-refractivity contribution in [2.45, 2.75) is 254 Å². The second kappa shape index (κ2) is 52.0. The highest BCUT2D eigenvalue weighted by Crippen LogP contribution is 2.30. The molecule has 718 valence electrons. The Balaban J connectivity index is 0.000000504. The van der Waals surface area contributed by atoms with Crippen molar-refractivity contribution < 1.29 is 57.1 Å². The van der Waals surface area contributed by atoms with Crippen LogP contribution in [0.15, 0.2) is 273 Å². The summed E-state index contributed by atoms with van der Waals surface area (Å²) in [6.07, 6.45) is 0.977. The van der Waals surface area contributed by atoms with E-state index in [4.69, 9.17) is 4.74 Å². The number of ether oxygens (including phenoxy) is 1. The maximum Gasteiger partial charge on any atom is 0.251 e. The number of hydrogen-bond acceptors (Lipinski definition) is 11. The number of carbonyl (C=O) groups excluding carboxylic acids is 10. The second-order valence-electron chi connectivity index (χ2n) is 44.0. The van der Waals surface area contributed by atoms with Crippen LogP contribution in [-0.4, -0.2) is 70.6 Å². The van der Waals surface area contributed by atoms with Crippen LogP contribution >= 0.6 is 0 Å². The second-order valence-corrected chi connectivity index (χ2v) is 44.0. The van der Waals surface area contributed by atoms with Crippen LogP contribution in [0.2, 0.25) is 0 Å². The largest absolute Gasteiger partial charge is 0.497 e. The third-order valence-electron chi connectivity index (χ3n) is 19.9. The molecule has 12 nitrogen and oxygen atoms in total. The molecule has 11 rings (SSSR count). The Morgan fingerprint density at radius 1 is 0.246 bits per heavy atom. The minimum atomic E-state index is -0.526. The van der Waals surface area contributed by atoms with E-state index in [-0.39, 0.29) is 112 Å². The van der Waals surface area contributed by atoms with Crippen LogP contribution in [0.5, 0.6) is 5.75 Å². The summed E-state index contributed by atoms with van der Waals surface area (Å²) in [6.45, 7) is 67.9. The fraction of sp³-hybridized carbons (Fsp3) is 0.388. The van der Waals surface area contributed by atoms with Gasteiger partial charge in [-0.15, -0.1) is 0 Å². The highest BCUT2D eigenvalue weighted by atomic mass is 19.1. The van der Waals surface area contributed by atoms with Crippen molar-refractivity contribution in [1.29, 1.82) is 0 Å². The number of rotatable bonds is 12. The summed E-state index contributed by atoms with van der Waals surface area (Å²) in [5.41, 5.74) is 10.0. The van der Waals surface area contributed by atoms with Gasteiger partial charge in [0, 0.05) is 104 Å². The molecule has 1 amide bonds. The zero-order chi connectivity index (χ0) is 103. The van der Waals surface area contributed by atoms with Crippen molar-refractivity contribution in [3.63, 3.8) is 0 Å². The Morgan fingerprint density at radius 2 is 0.493 bits per heavy atom. The molecule has 0 spiro atoms. The van der Waals surface area contributed by atoms with Gasteiger partial charge in [0.2, 0.25) is 0 Å². The topological polar surface area (TPSA) is 192 Å². The van der Waals surface area contributed by atoms with Crippen molar-refractivity contribution in [3.05, 3.63) is 362 Å². The molecule has 11 aromatic rings. The lowest BCUT2D eigenvalue weighted by Crippen LogP contribution is -2.40. The van der Waals surface area contributed by atoms with Gasteiger partial charge in [-0.05, 0) is 156 Å². The fourth-order valence-electron chi connectivity index (χ4n) is 12.3. The van der Waals surface area contributed by atoms with Crippen molar-refractivity contribution in [2.75, 3.05) is 7.11 Å². The van der Waals surface area contributed by atoms with Crippen LogP contribution in [0.25, 0.3) is 10.8 Å². The SMILES string of the molecule is CC(C)(C)C(=O)c1ccc2ccccc2c1.CC(C)(C)C(=O)c1ccccc1.CC(C)(C)C(=O)c1ccccc1F.CC(C)(C)NC(=O)c1ccccc1.CCc1cccc(C(=O)C(C)(C)C)c1.COc1ccc(C(=O)C(C)(C)C)cc1.Cc1cccc(C(=O)C(C)(C)C)c1.Cc1cccc(C(=O)C(C)(C)C)c1.Cc1cccc(C(=O)C(C)(C)C)c1.Cc1cccc(C(=O)C(C)(C)C)c1. The van der Waals surface area contributed by atoms with Crippen molar-refractivity contribution in [2.24, 2.45) is 48.7 Å². The summed E-state index contributed by atoms with van der Waals surface area (Å²) in [6, 6.07) is 84.7. The maximum absolute atomic E-state index is 13.1. The number of benzene rings is 11. The van der Waals surface area contributed by atoms with Gasteiger partial charge in [-0.2, -0.15) is 0 Å². The predicted octanol–water partition coefficient (Wildman–Crippen LogP) is 31.6. The Morgan fingerprint density at radius 3 is 0.784 bits per heavy atom. The molecule has 0 unspecified atom stereocenters. The third-order valence-corrected chi connectivity index (χ3v) is 19.9. The first-order chi connectivity index (χ1) is 61.4. The molecular weight excluding hydrogens is 1660 g/mol. The molecule has 134 heavy (non-hydrogen) atoms. The Labute approximate surface area is 804 Å². The monoisotopic (exact) mass is 1820 g/mol. The quantitative estimate of drug-likeness (QED) is 0.114. The first-order valence-corrected chi connectivity index (χ1v) is 46.0. The summed E-state index contributed by atoms with van der Waals surface area (Å²) >= 11 is 0. The molecule has 0 heterocycles. The van der Waals surface area contributed by atoms with Crippen LogP contribution in [0.4, 0.5) is 4.39 Å². The van der Waals surface area contributed by atoms with Gasteiger partial charge in [0.15, 0.2) is 52.0 Å². The zero-order valence-corrected chi connectivity index (χ0v) is 87.6. The molecular formula is C121H156FNO11. The number of halogens is 1. The first-order valence-electron chi connectivity index (χ1n) is 46.0. The van der Waals surface area contributed by atoms with Crippen molar-refractivity contribution >= 4 is 68.7 Å². The van der Waals surface area contributed by atoms with E-state index in [9.17, 15) is 52.3 Å². The number of aryl methyl sites for hydroxylation is 5. The van der Waals surface area contributed by atoms with Gasteiger partial charge >= 0.3 is 0 Å². The van der Waals surface area contributed by atoms with Gasteiger partial charge in [0.25, 0.3) is 5.91 Å². The number of hydrogen-bond donors (Lipinski definition) is 1. The van der Waals surface area contributed by atoms with Gasteiger partial charge in [-0.25, -0.2) is 4.39 Å². The Bertz CT molecular complexity index is 5390. The standard InChI is InChI=1S/C15H16O.C13H18O.C12H16O2.4C12H16O.C11H13FO.C11H15NO.C11H14O/c1-15(2,3)14(16)13-9-8-11-6-4-5-7-12(11)10-13;1-5-10-7-6-8-11(9-10)12(14)13(2,3)4;1-12(2,3)11(13)9-5-7-10(14-4)8-6-9;4*1-9-6-5-7-10(8-9)11(13)12(2,3)4;1-11(2,3)10(13)8-6-4-5-7-9(8)12;1-11(2,3)12-10(13)9-7-5-4-6-8-9;1-11(2,3)10(12)9-7-5-4-6-8-9/h4-10H,1-3H3;6-9H,5H2,1-4H3;5-8H,1-4H3;4*5-8H,1-4H3;4-7H,1-3H3;4-8H,1-3H3,(H,12,13);4-8H,1-3H3. The molecule has 0 aliphatic carbocycles. The number of Topliss-reactive ketones (excluding diaryl/α,β-unsaturated/α-hetero) is 9. The number of ketones is 9. The lowest BCUT2D eigenvalue weighted by molar-refractivity contribution is 0.0848. The zero-order valence-electron chi connectivity index (χ0n) is 87.6. The van der Waals surface area contributed by atoms with Gasteiger partial charge < -0.3 is 10.1 Å². The van der Waals surface area contributed by atoms with E-state index in [2.05, 4.69) is 24.4 Å². The van der Waals surface area contributed by atoms with E-state index in [1.807, 2.05) is 415 Å². The third kappa shape index (κ3) is 43.3. The number of fused-ring (bicyclic) bond motifs is 1. The van der Waals surface area contributed by atoms with E-state index in [1.165, 1.54) is 23.1 Å².